The van der Waals surface area contributed by atoms with Gasteiger partial charge >= 0.3 is 0 Å². The van der Waals surface area contributed by atoms with Crippen LogP contribution in [0.2, 0.25) is 0 Å². The van der Waals surface area contributed by atoms with Crippen LogP contribution in [0.15, 0.2) is 62.9 Å². The second kappa shape index (κ2) is 9.32. The molecule has 1 N–H and O–H groups in total. The van der Waals surface area contributed by atoms with Gasteiger partial charge in [-0.1, -0.05) is 23.9 Å². The van der Waals surface area contributed by atoms with E-state index in [2.05, 4.69) is 15.2 Å². The summed E-state index contributed by atoms with van der Waals surface area (Å²) < 4.78 is 12.6. The predicted octanol–water partition coefficient (Wildman–Crippen LogP) is 3.69. The van der Waals surface area contributed by atoms with E-state index in [1.54, 1.807) is 17.7 Å². The van der Waals surface area contributed by atoms with E-state index < -0.39 is 0 Å². The maximum Gasteiger partial charge on any atom is 0.262 e. The number of fused-ring (bicyclic) bond motifs is 1. The molecule has 0 spiro atoms. The van der Waals surface area contributed by atoms with Crippen LogP contribution in [0.3, 0.4) is 0 Å². The van der Waals surface area contributed by atoms with E-state index >= 15 is 0 Å². The summed E-state index contributed by atoms with van der Waals surface area (Å²) in [6.07, 6.45) is 0.462. The highest BCUT2D eigenvalue weighted by molar-refractivity contribution is 7.99. The molecule has 0 aliphatic rings. The molecular weight excluding hydrogens is 416 g/mol. The molecule has 0 aliphatic carbocycles. The first-order chi connectivity index (χ1) is 15.1. The van der Waals surface area contributed by atoms with Crippen molar-refractivity contribution in [3.8, 4) is 17.2 Å². The normalized spacial score (nSPS) is 12.2. The largest absolute Gasteiger partial charge is 0.497 e. The molecule has 2 heterocycles. The van der Waals surface area contributed by atoms with Gasteiger partial charge in [0.15, 0.2) is 5.16 Å². The lowest BCUT2D eigenvalue weighted by atomic mass is 10.2. The standard InChI is InChI=1S/C22H22N4O4S/c1-14(19-24-25-20(30-19)15-8-10-16(29-2)11-9-15)31-22-23-18-7-4-3-6-17(18)21(28)26(22)12-5-13-27/h3-4,6-11,14,27H,5,12-13H2,1-2H3. The molecule has 0 radical (unpaired) electrons. The van der Waals surface area contributed by atoms with Crippen molar-refractivity contribution in [3.63, 3.8) is 0 Å². The number of para-hydroxylation sites is 1. The number of aromatic nitrogens is 4. The lowest BCUT2D eigenvalue weighted by molar-refractivity contribution is 0.276. The molecule has 2 aromatic heterocycles. The Morgan fingerprint density at radius 3 is 2.68 bits per heavy atom. The molecule has 4 aromatic rings. The zero-order chi connectivity index (χ0) is 21.8. The first kappa shape index (κ1) is 21.1. The number of aliphatic hydroxyl groups is 1. The minimum atomic E-state index is -0.229. The Labute approximate surface area is 182 Å². The number of hydrogen-bond donors (Lipinski definition) is 1. The van der Waals surface area contributed by atoms with Gasteiger partial charge in [-0.05, 0) is 49.7 Å². The third-order valence-electron chi connectivity index (χ3n) is 4.77. The third kappa shape index (κ3) is 4.47. The Kier molecular flexibility index (Phi) is 6.34. The Morgan fingerprint density at radius 2 is 1.94 bits per heavy atom. The molecule has 1 atom stereocenters. The summed E-state index contributed by atoms with van der Waals surface area (Å²) in [6.45, 7) is 2.30. The van der Waals surface area contributed by atoms with Crippen LogP contribution < -0.4 is 10.3 Å². The van der Waals surface area contributed by atoms with Gasteiger partial charge in [0.2, 0.25) is 11.8 Å². The average molecular weight is 439 g/mol. The van der Waals surface area contributed by atoms with Crippen molar-refractivity contribution < 1.29 is 14.3 Å². The van der Waals surface area contributed by atoms with Crippen LogP contribution in [-0.2, 0) is 6.54 Å². The van der Waals surface area contributed by atoms with E-state index in [-0.39, 0.29) is 17.4 Å². The molecule has 0 bridgehead atoms. The summed E-state index contributed by atoms with van der Waals surface area (Å²) in [4.78, 5) is 17.7. The van der Waals surface area contributed by atoms with E-state index in [4.69, 9.17) is 9.15 Å². The lowest BCUT2D eigenvalue weighted by Crippen LogP contribution is -2.24. The molecule has 0 amide bonds. The number of nitrogens with zero attached hydrogens (tertiary/aromatic N) is 4. The molecule has 1 unspecified atom stereocenters. The SMILES string of the molecule is COc1ccc(-c2nnc(C(C)Sc3nc4ccccc4c(=O)n3CCCO)o2)cc1. The third-order valence-corrected chi connectivity index (χ3v) is 5.85. The fraction of sp³-hybridized carbons (Fsp3) is 0.273. The number of hydrogen-bond acceptors (Lipinski definition) is 8. The smallest absolute Gasteiger partial charge is 0.262 e. The topological polar surface area (TPSA) is 103 Å². The van der Waals surface area contributed by atoms with Gasteiger partial charge in [0.25, 0.3) is 5.56 Å². The zero-order valence-corrected chi connectivity index (χ0v) is 18.0. The number of ether oxygens (including phenoxy) is 1. The van der Waals surface area contributed by atoms with E-state index in [0.717, 1.165) is 11.3 Å². The minimum absolute atomic E-state index is 0.00614. The lowest BCUT2D eigenvalue weighted by Gasteiger charge is -2.14. The van der Waals surface area contributed by atoms with Gasteiger partial charge < -0.3 is 14.3 Å². The average Bonchev–Trinajstić information content (AvgIpc) is 3.29. The fourth-order valence-corrected chi connectivity index (χ4v) is 4.09. The van der Waals surface area contributed by atoms with Crippen LogP contribution in [0.25, 0.3) is 22.4 Å². The minimum Gasteiger partial charge on any atom is -0.497 e. The Bertz CT molecular complexity index is 1240. The summed E-state index contributed by atoms with van der Waals surface area (Å²) in [5.41, 5.74) is 1.30. The Balaban J connectivity index is 1.62. The van der Waals surface area contributed by atoms with Crippen LogP contribution >= 0.6 is 11.8 Å². The van der Waals surface area contributed by atoms with Gasteiger partial charge in [-0.25, -0.2) is 4.98 Å². The van der Waals surface area contributed by atoms with Gasteiger partial charge in [0, 0.05) is 18.7 Å². The number of aliphatic hydroxyl groups excluding tert-OH is 1. The van der Waals surface area contributed by atoms with E-state index in [1.165, 1.54) is 11.8 Å². The monoisotopic (exact) mass is 438 g/mol. The highest BCUT2D eigenvalue weighted by atomic mass is 32.2. The Hall–Kier alpha value is -3.17. The van der Waals surface area contributed by atoms with Crippen molar-refractivity contribution in [2.24, 2.45) is 0 Å². The van der Waals surface area contributed by atoms with Crippen LogP contribution in [0, 0.1) is 0 Å². The summed E-state index contributed by atoms with van der Waals surface area (Å²) in [7, 11) is 1.61. The number of benzene rings is 2. The summed E-state index contributed by atoms with van der Waals surface area (Å²) >= 11 is 1.37. The van der Waals surface area contributed by atoms with E-state index in [9.17, 15) is 9.90 Å². The number of rotatable bonds is 8. The van der Waals surface area contributed by atoms with Crippen LogP contribution in [0.5, 0.6) is 5.75 Å². The molecule has 4 rings (SSSR count). The van der Waals surface area contributed by atoms with E-state index in [0.29, 0.717) is 40.8 Å². The molecule has 2 aromatic carbocycles. The van der Waals surface area contributed by atoms with Crippen molar-refractivity contribution in [2.45, 2.75) is 30.3 Å². The molecule has 0 fully saturated rings. The fourth-order valence-electron chi connectivity index (χ4n) is 3.12. The maximum atomic E-state index is 13.0. The van der Waals surface area contributed by atoms with Gasteiger partial charge in [0.05, 0.1) is 23.3 Å². The first-order valence-corrected chi connectivity index (χ1v) is 10.7. The van der Waals surface area contributed by atoms with Crippen molar-refractivity contribution in [1.29, 1.82) is 0 Å². The zero-order valence-electron chi connectivity index (χ0n) is 17.2. The molecule has 8 nitrogen and oxygen atoms in total. The number of thioether (sulfide) groups is 1. The number of methoxy groups -OCH3 is 1. The summed E-state index contributed by atoms with van der Waals surface area (Å²) in [5.74, 6) is 1.59. The molecule has 31 heavy (non-hydrogen) atoms. The van der Waals surface area contributed by atoms with Crippen molar-refractivity contribution >= 4 is 22.7 Å². The van der Waals surface area contributed by atoms with Gasteiger partial charge in [-0.15, -0.1) is 10.2 Å². The van der Waals surface area contributed by atoms with Crippen LogP contribution in [0.4, 0.5) is 0 Å². The van der Waals surface area contributed by atoms with Crippen LogP contribution in [0.1, 0.15) is 24.5 Å². The molecule has 0 saturated carbocycles. The Morgan fingerprint density at radius 1 is 1.16 bits per heavy atom. The molecule has 9 heteroatoms. The molecule has 160 valence electrons. The quantitative estimate of drug-likeness (QED) is 0.328. The van der Waals surface area contributed by atoms with Crippen molar-refractivity contribution in [2.75, 3.05) is 13.7 Å². The summed E-state index contributed by atoms with van der Waals surface area (Å²) in [5, 5.41) is 18.5. The van der Waals surface area contributed by atoms with Crippen LogP contribution in [-0.4, -0.2) is 38.6 Å². The van der Waals surface area contributed by atoms with Gasteiger partial charge in [0.1, 0.15) is 5.75 Å². The molecule has 0 aliphatic heterocycles. The molecule has 0 saturated heterocycles. The highest BCUT2D eigenvalue weighted by Crippen LogP contribution is 2.34. The van der Waals surface area contributed by atoms with Gasteiger partial charge in [-0.3, -0.25) is 9.36 Å². The second-order valence-electron chi connectivity index (χ2n) is 6.88. The molecular formula is C22H22N4O4S. The second-order valence-corrected chi connectivity index (χ2v) is 8.19. The maximum absolute atomic E-state index is 13.0. The first-order valence-electron chi connectivity index (χ1n) is 9.85. The summed E-state index contributed by atoms with van der Waals surface area (Å²) in [6, 6.07) is 14.6. The van der Waals surface area contributed by atoms with Gasteiger partial charge in [-0.2, -0.15) is 0 Å². The highest BCUT2D eigenvalue weighted by Gasteiger charge is 2.20. The predicted molar refractivity (Wildman–Crippen MR) is 118 cm³/mol. The van der Waals surface area contributed by atoms with Crippen molar-refractivity contribution in [1.82, 2.24) is 19.7 Å². The van der Waals surface area contributed by atoms with E-state index in [1.807, 2.05) is 49.4 Å². The van der Waals surface area contributed by atoms with Crippen molar-refractivity contribution in [3.05, 3.63) is 64.8 Å².